The van der Waals surface area contributed by atoms with Crippen LogP contribution < -0.4 is 0 Å². The Labute approximate surface area is 145 Å². The average Bonchev–Trinajstić information content (AvgIpc) is 3.23. The summed E-state index contributed by atoms with van der Waals surface area (Å²) in [7, 11) is 4.05. The van der Waals surface area contributed by atoms with Crippen molar-refractivity contribution in [1.29, 1.82) is 0 Å². The molecule has 2 aromatic heterocycles. The van der Waals surface area contributed by atoms with Crippen LogP contribution in [0.2, 0.25) is 0 Å². The highest BCUT2D eigenvalue weighted by atomic mass is 32.2. The van der Waals surface area contributed by atoms with Gasteiger partial charge in [0.25, 0.3) is 0 Å². The zero-order valence-electron chi connectivity index (χ0n) is 14.0. The van der Waals surface area contributed by atoms with Gasteiger partial charge in [-0.25, -0.2) is 9.67 Å². The first-order valence-electron chi connectivity index (χ1n) is 7.72. The number of hydrogen-bond donors (Lipinski definition) is 0. The van der Waals surface area contributed by atoms with E-state index >= 15 is 0 Å². The lowest BCUT2D eigenvalue weighted by Crippen LogP contribution is -2.19. The topological polar surface area (TPSA) is 72.9 Å². The molecule has 0 fully saturated rings. The van der Waals surface area contributed by atoms with Gasteiger partial charge in [0.05, 0.1) is 18.0 Å². The molecule has 0 unspecified atom stereocenters. The second kappa shape index (κ2) is 7.59. The molecule has 3 rings (SSSR count). The molecular formula is C16H20N6OS. The second-order valence-corrected chi connectivity index (χ2v) is 6.98. The van der Waals surface area contributed by atoms with Gasteiger partial charge in [-0.05, 0) is 31.4 Å². The fourth-order valence-electron chi connectivity index (χ4n) is 2.14. The smallest absolute Gasteiger partial charge is 0.210 e. The first-order chi connectivity index (χ1) is 11.6. The van der Waals surface area contributed by atoms with Gasteiger partial charge in [-0.15, -0.1) is 5.10 Å². The normalized spacial score (nSPS) is 12.7. The Morgan fingerprint density at radius 1 is 1.25 bits per heavy atom. The molecule has 0 aliphatic carbocycles. The lowest BCUT2D eigenvalue weighted by molar-refractivity contribution is 0.361. The van der Waals surface area contributed by atoms with Crippen molar-refractivity contribution in [1.82, 2.24) is 30.1 Å². The molecule has 3 aromatic rings. The van der Waals surface area contributed by atoms with Crippen molar-refractivity contribution >= 4 is 11.8 Å². The van der Waals surface area contributed by atoms with Crippen molar-refractivity contribution < 1.29 is 4.42 Å². The number of nitrogens with zero attached hydrogens (tertiary/aromatic N) is 6. The number of aromatic nitrogens is 5. The first-order valence-corrected chi connectivity index (χ1v) is 8.60. The van der Waals surface area contributed by atoms with Crippen LogP contribution >= 0.6 is 11.8 Å². The van der Waals surface area contributed by atoms with E-state index in [1.54, 1.807) is 18.0 Å². The minimum absolute atomic E-state index is 0.0200. The summed E-state index contributed by atoms with van der Waals surface area (Å²) in [6.07, 6.45) is 1.76. The summed E-state index contributed by atoms with van der Waals surface area (Å²) in [4.78, 5) is 6.50. The largest absolute Gasteiger partial charge is 0.440 e. The van der Waals surface area contributed by atoms with E-state index in [2.05, 4.69) is 25.4 Å². The van der Waals surface area contributed by atoms with Gasteiger partial charge < -0.3 is 9.32 Å². The van der Waals surface area contributed by atoms with Crippen molar-refractivity contribution in [2.24, 2.45) is 0 Å². The van der Waals surface area contributed by atoms with Gasteiger partial charge in [-0.3, -0.25) is 0 Å². The molecule has 0 N–H and O–H groups in total. The van der Waals surface area contributed by atoms with E-state index in [0.717, 1.165) is 29.6 Å². The van der Waals surface area contributed by atoms with Crippen LogP contribution in [0.25, 0.3) is 11.3 Å². The van der Waals surface area contributed by atoms with Crippen molar-refractivity contribution in [2.45, 2.75) is 23.9 Å². The van der Waals surface area contributed by atoms with Crippen molar-refractivity contribution in [3.63, 3.8) is 0 Å². The standard InChI is InChI=1S/C16H20N6OS/c1-12(24-16-18-19-20-22(16)10-9-21(2)3)15-17-11-14(23-15)13-7-5-4-6-8-13/h4-8,11-12H,9-10H2,1-3H3/t12-/m0/s1. The third-order valence-corrected chi connectivity index (χ3v) is 4.53. The quantitative estimate of drug-likeness (QED) is 0.610. The SMILES string of the molecule is C[C@H](Sc1nnnn1CCN(C)C)c1ncc(-c2ccccc2)o1. The Balaban J connectivity index is 1.69. The van der Waals surface area contributed by atoms with Gasteiger partial charge >= 0.3 is 0 Å². The minimum atomic E-state index is 0.0200. The summed E-state index contributed by atoms with van der Waals surface area (Å²) in [5.74, 6) is 1.44. The fourth-order valence-corrected chi connectivity index (χ4v) is 3.00. The molecule has 7 nitrogen and oxygen atoms in total. The third kappa shape index (κ3) is 4.01. The Morgan fingerprint density at radius 3 is 2.79 bits per heavy atom. The lowest BCUT2D eigenvalue weighted by Gasteiger charge is -2.11. The van der Waals surface area contributed by atoms with Gasteiger partial charge in [-0.2, -0.15) is 0 Å². The third-order valence-electron chi connectivity index (χ3n) is 3.47. The number of thioether (sulfide) groups is 1. The van der Waals surface area contributed by atoms with Crippen LogP contribution in [-0.4, -0.2) is 50.7 Å². The molecule has 2 heterocycles. The van der Waals surface area contributed by atoms with E-state index in [1.807, 2.05) is 56.0 Å². The molecule has 1 atom stereocenters. The van der Waals surface area contributed by atoms with E-state index in [-0.39, 0.29) is 5.25 Å². The lowest BCUT2D eigenvalue weighted by atomic mass is 10.2. The van der Waals surface area contributed by atoms with E-state index in [4.69, 9.17) is 4.42 Å². The Hall–Kier alpha value is -2.19. The van der Waals surface area contributed by atoms with Crippen molar-refractivity contribution in [3.8, 4) is 11.3 Å². The summed E-state index contributed by atoms with van der Waals surface area (Å²) in [5, 5.41) is 12.7. The predicted octanol–water partition coefficient (Wildman–Crippen LogP) is 2.74. The molecule has 24 heavy (non-hydrogen) atoms. The van der Waals surface area contributed by atoms with Gasteiger partial charge in [-0.1, -0.05) is 42.1 Å². The number of benzene rings is 1. The van der Waals surface area contributed by atoms with Gasteiger partial charge in [0.2, 0.25) is 11.0 Å². The van der Waals surface area contributed by atoms with Crippen molar-refractivity contribution in [2.75, 3.05) is 20.6 Å². The van der Waals surface area contributed by atoms with Crippen molar-refractivity contribution in [3.05, 3.63) is 42.4 Å². The first kappa shape index (κ1) is 16.7. The molecule has 0 aliphatic heterocycles. The molecule has 0 radical (unpaired) electrons. The summed E-state index contributed by atoms with van der Waals surface area (Å²) >= 11 is 1.54. The zero-order valence-corrected chi connectivity index (χ0v) is 14.8. The predicted molar refractivity (Wildman–Crippen MR) is 92.6 cm³/mol. The van der Waals surface area contributed by atoms with Crippen LogP contribution in [0.1, 0.15) is 18.1 Å². The summed E-state index contributed by atoms with van der Waals surface area (Å²) in [5.41, 5.74) is 1.02. The molecule has 0 amide bonds. The molecule has 8 heteroatoms. The van der Waals surface area contributed by atoms with E-state index in [1.165, 1.54) is 0 Å². The Bertz CT molecular complexity index is 770. The average molecular weight is 344 g/mol. The number of oxazole rings is 1. The second-order valence-electron chi connectivity index (χ2n) is 5.68. The van der Waals surface area contributed by atoms with Crippen LogP contribution in [0, 0.1) is 0 Å². The number of rotatable bonds is 7. The molecule has 1 aromatic carbocycles. The summed E-state index contributed by atoms with van der Waals surface area (Å²) in [6, 6.07) is 9.95. The maximum absolute atomic E-state index is 5.90. The molecule has 126 valence electrons. The van der Waals surface area contributed by atoms with Crippen LogP contribution in [0.3, 0.4) is 0 Å². The molecule has 0 bridgehead atoms. The van der Waals surface area contributed by atoms with E-state index in [9.17, 15) is 0 Å². The van der Waals surface area contributed by atoms with E-state index in [0.29, 0.717) is 5.89 Å². The van der Waals surface area contributed by atoms with Crippen LogP contribution in [0.15, 0.2) is 46.1 Å². The van der Waals surface area contributed by atoms with Gasteiger partial charge in [0.15, 0.2) is 5.76 Å². The minimum Gasteiger partial charge on any atom is -0.440 e. The van der Waals surface area contributed by atoms with Crippen LogP contribution in [0.5, 0.6) is 0 Å². The molecular weight excluding hydrogens is 324 g/mol. The number of tetrazole rings is 1. The van der Waals surface area contributed by atoms with Gasteiger partial charge in [0.1, 0.15) is 0 Å². The molecule has 0 saturated carbocycles. The number of hydrogen-bond acceptors (Lipinski definition) is 7. The monoisotopic (exact) mass is 344 g/mol. The maximum Gasteiger partial charge on any atom is 0.210 e. The molecule has 0 saturated heterocycles. The highest BCUT2D eigenvalue weighted by Gasteiger charge is 2.18. The molecule has 0 aliphatic rings. The van der Waals surface area contributed by atoms with Gasteiger partial charge in [0, 0.05) is 12.1 Å². The van der Waals surface area contributed by atoms with Crippen LogP contribution in [0.4, 0.5) is 0 Å². The van der Waals surface area contributed by atoms with E-state index < -0.39 is 0 Å². The highest BCUT2D eigenvalue weighted by Crippen LogP contribution is 2.34. The summed E-state index contributed by atoms with van der Waals surface area (Å²) < 4.78 is 7.71. The Kier molecular flexibility index (Phi) is 5.27. The van der Waals surface area contributed by atoms with Crippen LogP contribution in [-0.2, 0) is 6.54 Å². The maximum atomic E-state index is 5.90. The zero-order chi connectivity index (χ0) is 16.9. The fraction of sp³-hybridized carbons (Fsp3) is 0.375. The highest BCUT2D eigenvalue weighted by molar-refractivity contribution is 7.99. The summed E-state index contributed by atoms with van der Waals surface area (Å²) in [6.45, 7) is 3.66. The number of likely N-dealkylation sites (N-methyl/N-ethyl adjacent to an activating group) is 1. The Morgan fingerprint density at radius 2 is 2.04 bits per heavy atom. The molecule has 0 spiro atoms.